The van der Waals surface area contributed by atoms with Gasteiger partial charge < -0.3 is 15.0 Å². The monoisotopic (exact) mass is 198 g/mol. The Morgan fingerprint density at radius 1 is 1.71 bits per heavy atom. The molecule has 0 bridgehead atoms. The number of carbonyl (C=O) groups excluding carboxylic acids is 2. The van der Waals surface area contributed by atoms with Crippen LogP contribution in [0.15, 0.2) is 0 Å². The average molecular weight is 198 g/mol. The number of hydrogen-bond acceptors (Lipinski definition) is 3. The molecular formula is C9H14N2O3. The normalized spacial score (nSPS) is 35.4. The standard InChI is InChI=1S/C9H14N2O3/c1-9-5-7(12)14-6(9)3-4-11(9)8(13)10-2/h6H,3-5H2,1-2H3,(H,10,13)/t6-,9-/m0/s1. The summed E-state index contributed by atoms with van der Waals surface area (Å²) >= 11 is 0. The Morgan fingerprint density at radius 3 is 3.07 bits per heavy atom. The number of likely N-dealkylation sites (tertiary alicyclic amines) is 1. The van der Waals surface area contributed by atoms with Crippen LogP contribution in [0.25, 0.3) is 0 Å². The SMILES string of the molecule is CNC(=O)N1CC[C@@H]2OC(=O)C[C@@]21C. The Labute approximate surface area is 82.4 Å². The van der Waals surface area contributed by atoms with Crippen molar-refractivity contribution in [3.63, 3.8) is 0 Å². The first kappa shape index (κ1) is 9.30. The van der Waals surface area contributed by atoms with Gasteiger partial charge in [0.2, 0.25) is 0 Å². The molecule has 2 heterocycles. The second-order valence-electron chi connectivity index (χ2n) is 4.01. The van der Waals surface area contributed by atoms with Crippen LogP contribution in [-0.4, -0.2) is 42.1 Å². The predicted octanol–water partition coefficient (Wildman–Crippen LogP) is 0.106. The highest BCUT2D eigenvalue weighted by Crippen LogP contribution is 2.39. The summed E-state index contributed by atoms with van der Waals surface area (Å²) in [4.78, 5) is 24.4. The van der Waals surface area contributed by atoms with Gasteiger partial charge in [-0.3, -0.25) is 4.79 Å². The fraction of sp³-hybridized carbons (Fsp3) is 0.778. The third-order valence-corrected chi connectivity index (χ3v) is 3.16. The van der Waals surface area contributed by atoms with Gasteiger partial charge in [-0.1, -0.05) is 0 Å². The van der Waals surface area contributed by atoms with Crippen molar-refractivity contribution in [3.8, 4) is 0 Å². The van der Waals surface area contributed by atoms with Crippen molar-refractivity contribution in [1.29, 1.82) is 0 Å². The average Bonchev–Trinajstić information content (AvgIpc) is 2.56. The third-order valence-electron chi connectivity index (χ3n) is 3.16. The van der Waals surface area contributed by atoms with Crippen molar-refractivity contribution in [3.05, 3.63) is 0 Å². The maximum Gasteiger partial charge on any atom is 0.317 e. The molecule has 0 aromatic carbocycles. The number of rotatable bonds is 0. The highest BCUT2D eigenvalue weighted by Gasteiger charge is 2.55. The Bertz CT molecular complexity index is 292. The zero-order chi connectivity index (χ0) is 10.3. The largest absolute Gasteiger partial charge is 0.460 e. The second-order valence-corrected chi connectivity index (χ2v) is 4.01. The van der Waals surface area contributed by atoms with Gasteiger partial charge in [0.05, 0.1) is 12.0 Å². The maximum absolute atomic E-state index is 11.5. The van der Waals surface area contributed by atoms with Crippen molar-refractivity contribution < 1.29 is 14.3 Å². The van der Waals surface area contributed by atoms with Gasteiger partial charge >= 0.3 is 12.0 Å². The summed E-state index contributed by atoms with van der Waals surface area (Å²) in [7, 11) is 1.59. The van der Waals surface area contributed by atoms with Gasteiger partial charge in [0.25, 0.3) is 0 Å². The number of amides is 2. The molecule has 2 saturated heterocycles. The molecule has 0 spiro atoms. The topological polar surface area (TPSA) is 58.6 Å². The molecule has 14 heavy (non-hydrogen) atoms. The second kappa shape index (κ2) is 2.87. The van der Waals surface area contributed by atoms with Crippen LogP contribution in [0.5, 0.6) is 0 Å². The van der Waals surface area contributed by atoms with E-state index in [1.807, 2.05) is 6.92 Å². The highest BCUT2D eigenvalue weighted by atomic mass is 16.6. The smallest absolute Gasteiger partial charge is 0.317 e. The minimum absolute atomic E-state index is 0.118. The lowest BCUT2D eigenvalue weighted by atomic mass is 9.95. The number of ether oxygens (including phenoxy) is 1. The molecule has 0 unspecified atom stereocenters. The highest BCUT2D eigenvalue weighted by molar-refractivity contribution is 5.80. The van der Waals surface area contributed by atoms with Gasteiger partial charge in [-0.2, -0.15) is 0 Å². The summed E-state index contributed by atoms with van der Waals surface area (Å²) < 4.78 is 5.15. The maximum atomic E-state index is 11.5. The van der Waals surface area contributed by atoms with E-state index < -0.39 is 5.54 Å². The van der Waals surface area contributed by atoms with Crippen LogP contribution in [0, 0.1) is 0 Å². The summed E-state index contributed by atoms with van der Waals surface area (Å²) in [6.45, 7) is 2.57. The van der Waals surface area contributed by atoms with Gasteiger partial charge in [0.15, 0.2) is 0 Å². The molecular weight excluding hydrogens is 184 g/mol. The number of carbonyl (C=O) groups is 2. The molecule has 78 valence electrons. The van der Waals surface area contributed by atoms with E-state index in [1.54, 1.807) is 11.9 Å². The summed E-state index contributed by atoms with van der Waals surface area (Å²) in [6, 6.07) is -0.131. The van der Waals surface area contributed by atoms with Crippen molar-refractivity contribution >= 4 is 12.0 Å². The van der Waals surface area contributed by atoms with E-state index in [0.29, 0.717) is 13.0 Å². The van der Waals surface area contributed by atoms with Crippen LogP contribution in [0.1, 0.15) is 19.8 Å². The van der Waals surface area contributed by atoms with Gasteiger partial charge in [-0.05, 0) is 6.92 Å². The molecule has 0 aliphatic carbocycles. The molecule has 5 nitrogen and oxygen atoms in total. The Kier molecular flexibility index (Phi) is 1.90. The van der Waals surface area contributed by atoms with Crippen LogP contribution >= 0.6 is 0 Å². The molecule has 2 aliphatic rings. The number of esters is 1. The summed E-state index contributed by atoms with van der Waals surface area (Å²) in [5.74, 6) is -0.203. The van der Waals surface area contributed by atoms with Crippen LogP contribution in [0.2, 0.25) is 0 Å². The summed E-state index contributed by atoms with van der Waals surface area (Å²) in [6.07, 6.45) is 0.938. The van der Waals surface area contributed by atoms with E-state index in [-0.39, 0.29) is 18.1 Å². The number of fused-ring (bicyclic) bond motifs is 1. The van der Waals surface area contributed by atoms with Crippen molar-refractivity contribution in [2.24, 2.45) is 0 Å². The van der Waals surface area contributed by atoms with Crippen LogP contribution in [0.4, 0.5) is 4.79 Å². The Balaban J connectivity index is 2.22. The lowest BCUT2D eigenvalue weighted by Crippen LogP contribution is -2.51. The lowest BCUT2D eigenvalue weighted by molar-refractivity contribution is -0.141. The molecule has 2 amide bonds. The number of urea groups is 1. The van der Waals surface area contributed by atoms with E-state index in [1.165, 1.54) is 0 Å². The fourth-order valence-corrected chi connectivity index (χ4v) is 2.34. The molecule has 2 fully saturated rings. The van der Waals surface area contributed by atoms with Gasteiger partial charge in [-0.25, -0.2) is 4.79 Å². The Morgan fingerprint density at radius 2 is 2.43 bits per heavy atom. The number of hydrogen-bond donors (Lipinski definition) is 1. The molecule has 5 heteroatoms. The predicted molar refractivity (Wildman–Crippen MR) is 48.7 cm³/mol. The first-order valence-electron chi connectivity index (χ1n) is 4.77. The molecule has 1 N–H and O–H groups in total. The molecule has 0 aromatic heterocycles. The minimum Gasteiger partial charge on any atom is -0.460 e. The molecule has 0 aromatic rings. The zero-order valence-electron chi connectivity index (χ0n) is 8.37. The third kappa shape index (κ3) is 1.08. The lowest BCUT2D eigenvalue weighted by Gasteiger charge is -2.31. The molecule has 0 radical (unpaired) electrons. The zero-order valence-corrected chi connectivity index (χ0v) is 8.37. The van der Waals surface area contributed by atoms with E-state index in [4.69, 9.17) is 4.74 Å². The summed E-state index contributed by atoms with van der Waals surface area (Å²) in [5, 5.41) is 2.58. The molecule has 2 aliphatic heterocycles. The number of nitrogens with zero attached hydrogens (tertiary/aromatic N) is 1. The first-order chi connectivity index (χ1) is 6.58. The fourth-order valence-electron chi connectivity index (χ4n) is 2.34. The molecule has 2 atom stereocenters. The quantitative estimate of drug-likeness (QED) is 0.562. The summed E-state index contributed by atoms with van der Waals surface area (Å²) in [5.41, 5.74) is -0.433. The molecule has 0 saturated carbocycles. The Hall–Kier alpha value is -1.26. The minimum atomic E-state index is -0.433. The van der Waals surface area contributed by atoms with Gasteiger partial charge in [0.1, 0.15) is 6.10 Å². The van der Waals surface area contributed by atoms with Crippen molar-refractivity contribution in [2.75, 3.05) is 13.6 Å². The first-order valence-corrected chi connectivity index (χ1v) is 4.77. The van der Waals surface area contributed by atoms with E-state index >= 15 is 0 Å². The number of nitrogens with one attached hydrogen (secondary N) is 1. The van der Waals surface area contributed by atoms with Gasteiger partial charge in [-0.15, -0.1) is 0 Å². The van der Waals surface area contributed by atoms with Crippen molar-refractivity contribution in [1.82, 2.24) is 10.2 Å². The van der Waals surface area contributed by atoms with E-state index in [0.717, 1.165) is 6.42 Å². The van der Waals surface area contributed by atoms with Gasteiger partial charge in [0, 0.05) is 20.0 Å². The van der Waals surface area contributed by atoms with E-state index in [9.17, 15) is 9.59 Å². The van der Waals surface area contributed by atoms with Crippen LogP contribution in [-0.2, 0) is 9.53 Å². The molecule has 2 rings (SSSR count). The van der Waals surface area contributed by atoms with Crippen LogP contribution < -0.4 is 5.32 Å². The van der Waals surface area contributed by atoms with Crippen molar-refractivity contribution in [2.45, 2.75) is 31.4 Å². The van der Waals surface area contributed by atoms with Crippen LogP contribution in [0.3, 0.4) is 0 Å². The van der Waals surface area contributed by atoms with E-state index in [2.05, 4.69) is 5.32 Å².